The fraction of sp³-hybridized carbons (Fsp3) is 0.550. The molecule has 7 N–H and O–H groups in total. The number of aliphatic hydroxyl groups is 3. The number of aliphatic hydroxyl groups excluding tert-OH is 3. The highest BCUT2D eigenvalue weighted by molar-refractivity contribution is 5.83. The van der Waals surface area contributed by atoms with E-state index in [2.05, 4.69) is 54.4 Å². The zero-order valence-corrected chi connectivity index (χ0v) is 40.1. The van der Waals surface area contributed by atoms with Crippen molar-refractivity contribution in [3.05, 3.63) is 118 Å². The van der Waals surface area contributed by atoms with E-state index < -0.39 is 41.3 Å². The van der Waals surface area contributed by atoms with Crippen LogP contribution < -0.4 is 10.1 Å². The molecule has 1 aliphatic heterocycles. The van der Waals surface area contributed by atoms with Crippen LogP contribution in [0.15, 0.2) is 90.0 Å². The number of aromatic hydroxyl groups is 3. The molecule has 0 radical (unpaired) electrons. The third-order valence-corrected chi connectivity index (χ3v) is 20.2. The lowest BCUT2D eigenvalue weighted by Gasteiger charge is -2.77. The summed E-state index contributed by atoms with van der Waals surface area (Å²) in [4.78, 5) is 15.9. The van der Waals surface area contributed by atoms with Gasteiger partial charge in [0.25, 0.3) is 0 Å². The number of allylic oxidation sites excluding steroid dienone is 5. The first-order valence-corrected chi connectivity index (χ1v) is 26.3. The first kappa shape index (κ1) is 45.3. The van der Waals surface area contributed by atoms with Crippen molar-refractivity contribution in [3.8, 4) is 34.8 Å². The number of hydrogen-bond donors (Lipinski definition) is 7. The Morgan fingerprint density at radius 1 is 0.913 bits per heavy atom. The largest absolute Gasteiger partial charge is 0.504 e. The predicted molar refractivity (Wildman–Crippen MR) is 263 cm³/mol. The van der Waals surface area contributed by atoms with Crippen LogP contribution in [0.25, 0.3) is 0 Å². The summed E-state index contributed by atoms with van der Waals surface area (Å²) in [5.74, 6) is 6.02. The van der Waals surface area contributed by atoms with E-state index in [9.17, 15) is 30.6 Å². The second-order valence-corrected chi connectivity index (χ2v) is 22.9. The fourth-order valence-corrected chi connectivity index (χ4v) is 17.7. The lowest BCUT2D eigenvalue weighted by atomic mass is 9.28. The zero-order chi connectivity index (χ0) is 47.6. The molecule has 0 aromatic heterocycles. The minimum absolute atomic E-state index is 0.0156. The topological polar surface area (TPSA) is 160 Å². The van der Waals surface area contributed by atoms with Crippen LogP contribution in [0.1, 0.15) is 124 Å². The summed E-state index contributed by atoms with van der Waals surface area (Å²) in [5, 5.41) is 74.6. The summed E-state index contributed by atoms with van der Waals surface area (Å²) in [5.41, 5.74) is 6.14. The van der Waals surface area contributed by atoms with Gasteiger partial charge >= 0.3 is 0 Å². The van der Waals surface area contributed by atoms with Crippen molar-refractivity contribution >= 4 is 5.78 Å². The summed E-state index contributed by atoms with van der Waals surface area (Å²) in [6, 6.07) is 17.2. The Morgan fingerprint density at radius 2 is 1.74 bits per heavy atom. The second-order valence-electron chi connectivity index (χ2n) is 22.9. The number of ether oxygens (including phenoxy) is 1. The van der Waals surface area contributed by atoms with E-state index in [1.54, 1.807) is 12.1 Å². The smallest absolute Gasteiger partial charge is 0.160 e. The summed E-state index contributed by atoms with van der Waals surface area (Å²) >= 11 is 0. The average Bonchev–Trinajstić information content (AvgIpc) is 3.76. The molecule has 16 atom stereocenters. The molecule has 3 aromatic carbocycles. The monoisotopic (exact) mass is 932 g/mol. The van der Waals surface area contributed by atoms with Crippen LogP contribution in [-0.4, -0.2) is 68.3 Å². The number of piperidine rings is 1. The summed E-state index contributed by atoms with van der Waals surface area (Å²) in [6.07, 6.45) is 18.3. The van der Waals surface area contributed by atoms with Crippen LogP contribution in [0, 0.1) is 70.0 Å². The van der Waals surface area contributed by atoms with Gasteiger partial charge in [-0.25, -0.2) is 0 Å². The van der Waals surface area contributed by atoms with Crippen LogP contribution in [-0.2, 0) is 23.2 Å². The molecule has 1 saturated heterocycles. The van der Waals surface area contributed by atoms with Crippen LogP contribution in [0.4, 0.5) is 0 Å². The average molecular weight is 932 g/mol. The van der Waals surface area contributed by atoms with Crippen molar-refractivity contribution in [3.63, 3.8) is 0 Å². The van der Waals surface area contributed by atoms with Gasteiger partial charge in [-0.15, -0.1) is 0 Å². The number of Topliss-reactive ketones (excluding diaryl/α,β-unsaturated/α-hetero) is 1. The molecule has 362 valence electrons. The lowest BCUT2D eigenvalue weighted by Crippen LogP contribution is -2.77. The molecule has 3 spiro atoms. The SMILES string of the molecule is CCCCC[C@@H]1C(=O)C[C@H](c2cc(OC)c(O)cc2CO)[C@H](Cc2ccccc2)C#C[C@H]2CN[C@H]3C[C@H]4C=C5C=C[C@@H](O)C[C@@H]5C5=C[C@@H]6CCC[C@]67C[C@@]54[C@@H]4C[C@H]7c5cc(O)c(O)cc5[C@]34[C@H]2[C@H]1O. The van der Waals surface area contributed by atoms with Gasteiger partial charge in [0, 0.05) is 65.3 Å². The maximum Gasteiger partial charge on any atom is 0.160 e. The second kappa shape index (κ2) is 16.9. The van der Waals surface area contributed by atoms with Crippen LogP contribution in [0.5, 0.6) is 23.0 Å². The highest BCUT2D eigenvalue weighted by atomic mass is 16.5. The molecule has 4 fully saturated rings. The molecule has 1 heterocycles. The molecule has 0 amide bonds. The summed E-state index contributed by atoms with van der Waals surface area (Å²) < 4.78 is 5.65. The lowest BCUT2D eigenvalue weighted by molar-refractivity contribution is -0.181. The zero-order valence-electron chi connectivity index (χ0n) is 40.1. The molecule has 0 unspecified atom stereocenters. The molecule has 69 heavy (non-hydrogen) atoms. The standard InChI is InChI=1S/C60H69NO8/c1-3-4-6-13-41-49(64)25-42(43-27-53(69-2)52(67)21-37(43)31-62)34(19-33-10-7-5-8-11-33)14-15-36-30-61-55-23-39-20-35-16-17-40(63)24-44(35)47-22-38-12-9-18-58(38)32-59(39,47)54-29-46(58)45-26-50(65)51(66)28-48(45)60(54,55)56(36)57(41)68/h5,7-8,10-11,16-17,20-22,26-28,34,36,38-42,44,46,54-57,61-63,65-68H,3-4,6,9,12-13,18-19,23-25,29-32H2,1-2H3/t34-,36-,38-,39+,40+,41+,42-,44-,46-,54-,55-,56+,57-,58-,59-,60+/m0/s1. The number of ketones is 1. The fourth-order valence-electron chi connectivity index (χ4n) is 17.7. The molecular formula is C60H69NO8. The van der Waals surface area contributed by atoms with E-state index >= 15 is 4.79 Å². The highest BCUT2D eigenvalue weighted by Crippen LogP contribution is 2.82. The maximum absolute atomic E-state index is 15.9. The first-order chi connectivity index (χ1) is 33.5. The molecule has 9 aliphatic rings. The number of unbranched alkanes of at least 4 members (excludes halogenated alkanes) is 2. The highest BCUT2D eigenvalue weighted by Gasteiger charge is 2.77. The Kier molecular flexibility index (Phi) is 11.1. The number of hydrogen-bond acceptors (Lipinski definition) is 9. The van der Waals surface area contributed by atoms with Crippen LogP contribution in [0.2, 0.25) is 0 Å². The molecule has 3 saturated carbocycles. The van der Waals surface area contributed by atoms with Crippen molar-refractivity contribution in [2.24, 2.45) is 58.2 Å². The van der Waals surface area contributed by atoms with E-state index in [1.807, 2.05) is 36.4 Å². The number of fused-ring (bicyclic) bond motifs is 6. The Bertz CT molecular complexity index is 2710. The van der Waals surface area contributed by atoms with E-state index in [1.165, 1.54) is 18.3 Å². The Hall–Kier alpha value is -4.85. The molecule has 8 aliphatic carbocycles. The van der Waals surface area contributed by atoms with Gasteiger partial charge in [-0.1, -0.05) is 105 Å². The summed E-state index contributed by atoms with van der Waals surface area (Å²) in [7, 11) is 1.50. The van der Waals surface area contributed by atoms with Gasteiger partial charge in [-0.2, -0.15) is 0 Å². The number of rotatable bonds is 9. The third-order valence-electron chi connectivity index (χ3n) is 20.2. The Labute approximate surface area is 406 Å². The first-order valence-electron chi connectivity index (χ1n) is 26.3. The normalized spacial score (nSPS) is 39.8. The van der Waals surface area contributed by atoms with Crippen molar-refractivity contribution in [1.82, 2.24) is 5.32 Å². The van der Waals surface area contributed by atoms with Crippen molar-refractivity contribution in [2.75, 3.05) is 13.7 Å². The quantitative estimate of drug-likeness (QED) is 0.0481. The van der Waals surface area contributed by atoms with Gasteiger partial charge in [-0.3, -0.25) is 4.79 Å². The number of phenolic OH excluding ortho intramolecular Hbond substituents is 3. The van der Waals surface area contributed by atoms with Crippen molar-refractivity contribution in [1.29, 1.82) is 0 Å². The van der Waals surface area contributed by atoms with E-state index in [4.69, 9.17) is 4.74 Å². The van der Waals surface area contributed by atoms with Crippen molar-refractivity contribution in [2.45, 2.75) is 133 Å². The van der Waals surface area contributed by atoms with Gasteiger partial charge in [0.15, 0.2) is 23.0 Å². The van der Waals surface area contributed by atoms with Crippen LogP contribution >= 0.6 is 0 Å². The third kappa shape index (κ3) is 6.53. The van der Waals surface area contributed by atoms with Gasteiger partial charge in [0.05, 0.1) is 25.9 Å². The number of nitrogens with one attached hydrogen (secondary N) is 1. The predicted octanol–water partition coefficient (Wildman–Crippen LogP) is 9.04. The maximum atomic E-state index is 15.9. The molecule has 9 nitrogen and oxygen atoms in total. The van der Waals surface area contributed by atoms with Gasteiger partial charge in [-0.05, 0) is 138 Å². The van der Waals surface area contributed by atoms with Gasteiger partial charge < -0.3 is 40.7 Å². The summed E-state index contributed by atoms with van der Waals surface area (Å²) in [6.45, 7) is 2.33. The molecule has 3 aromatic rings. The number of benzene rings is 3. The van der Waals surface area contributed by atoms with Crippen molar-refractivity contribution < 1.29 is 40.2 Å². The number of carbonyl (C=O) groups excluding carboxylic acids is 1. The molecular weight excluding hydrogens is 863 g/mol. The molecule has 4 bridgehead atoms. The molecule has 12 rings (SSSR count). The minimum Gasteiger partial charge on any atom is -0.504 e. The van der Waals surface area contributed by atoms with E-state index in [0.29, 0.717) is 42.9 Å². The van der Waals surface area contributed by atoms with E-state index in [-0.39, 0.29) is 88.3 Å². The Balaban J connectivity index is 1.11. The number of carbonyl (C=O) groups is 1. The number of phenols is 3. The Morgan fingerprint density at radius 3 is 2.54 bits per heavy atom. The van der Waals surface area contributed by atoms with Gasteiger partial charge in [0.2, 0.25) is 0 Å². The van der Waals surface area contributed by atoms with Gasteiger partial charge in [0.1, 0.15) is 5.78 Å². The van der Waals surface area contributed by atoms with E-state index in [0.717, 1.165) is 74.5 Å². The van der Waals surface area contributed by atoms with Crippen LogP contribution in [0.3, 0.4) is 0 Å². The minimum atomic E-state index is -1.08. The number of methoxy groups -OCH3 is 1. The molecule has 9 heteroatoms.